The number of allylic oxidation sites excluding steroid dienone is 16. The van der Waals surface area contributed by atoms with E-state index in [2.05, 4.69) is 118 Å². The Morgan fingerprint density at radius 1 is 0.284 bits per heavy atom. The van der Waals surface area contributed by atoms with Gasteiger partial charge in [-0.15, -0.1) is 0 Å². The van der Waals surface area contributed by atoms with Gasteiger partial charge in [-0.2, -0.15) is 0 Å². The van der Waals surface area contributed by atoms with Crippen LogP contribution < -0.4 is 0 Å². The highest BCUT2D eigenvalue weighted by atomic mass is 16.6. The molecule has 74 heavy (non-hydrogen) atoms. The third-order valence-corrected chi connectivity index (χ3v) is 13.3. The van der Waals surface area contributed by atoms with E-state index in [1.54, 1.807) is 0 Å². The molecule has 0 saturated carbocycles. The maximum absolute atomic E-state index is 12.9. The Kier molecular flexibility index (Phi) is 58.8. The lowest BCUT2D eigenvalue weighted by molar-refractivity contribution is -0.167. The standard InChI is InChI=1S/C68H116O6/c1-4-7-10-13-16-19-22-25-28-31-34-37-40-43-46-49-52-55-58-61-67(70)73-64-65(63-72-66(69)60-57-54-51-48-45-42-39-36-33-30-27-24-21-18-15-12-9-6-3)74-68(71)62-59-56-53-50-47-44-41-38-35-32-29-26-23-20-17-14-11-8-5-2/h7,10,16-17,19-20,25-26,28-29,34-35,37-38,43,46,65H,4-6,8-9,11-15,18,21-24,27,30-33,36,39-42,44-45,47-64H2,1-3H3/b10-7-,19-16-,20-17-,28-25-,29-26-,37-34-,38-35-,46-43-/t65-/m1/s1. The zero-order valence-corrected chi connectivity index (χ0v) is 48.6. The molecular weight excluding hydrogens is 913 g/mol. The molecule has 0 radical (unpaired) electrons. The largest absolute Gasteiger partial charge is 0.462 e. The lowest BCUT2D eigenvalue weighted by Gasteiger charge is -2.18. The molecule has 0 N–H and O–H groups in total. The van der Waals surface area contributed by atoms with E-state index in [1.807, 2.05) is 0 Å². The van der Waals surface area contributed by atoms with Crippen LogP contribution in [0.15, 0.2) is 97.2 Å². The van der Waals surface area contributed by atoms with Crippen LogP contribution in [-0.2, 0) is 28.6 Å². The number of hydrogen-bond donors (Lipinski definition) is 0. The van der Waals surface area contributed by atoms with Crippen molar-refractivity contribution in [2.75, 3.05) is 13.2 Å². The van der Waals surface area contributed by atoms with E-state index in [1.165, 1.54) is 135 Å². The van der Waals surface area contributed by atoms with Crippen molar-refractivity contribution in [3.8, 4) is 0 Å². The van der Waals surface area contributed by atoms with Gasteiger partial charge in [-0.3, -0.25) is 14.4 Å². The summed E-state index contributed by atoms with van der Waals surface area (Å²) >= 11 is 0. The van der Waals surface area contributed by atoms with Crippen molar-refractivity contribution in [3.63, 3.8) is 0 Å². The van der Waals surface area contributed by atoms with Gasteiger partial charge in [-0.05, 0) is 103 Å². The first-order valence-electron chi connectivity index (χ1n) is 31.2. The van der Waals surface area contributed by atoms with Gasteiger partial charge < -0.3 is 14.2 Å². The van der Waals surface area contributed by atoms with Gasteiger partial charge in [-0.25, -0.2) is 0 Å². The number of hydrogen-bond acceptors (Lipinski definition) is 6. The third-order valence-electron chi connectivity index (χ3n) is 13.3. The predicted molar refractivity (Wildman–Crippen MR) is 320 cm³/mol. The summed E-state index contributed by atoms with van der Waals surface area (Å²) in [7, 11) is 0. The van der Waals surface area contributed by atoms with E-state index in [0.29, 0.717) is 19.3 Å². The van der Waals surface area contributed by atoms with Crippen LogP contribution in [-0.4, -0.2) is 37.2 Å². The van der Waals surface area contributed by atoms with Crippen molar-refractivity contribution in [3.05, 3.63) is 97.2 Å². The van der Waals surface area contributed by atoms with Crippen molar-refractivity contribution in [1.29, 1.82) is 0 Å². The van der Waals surface area contributed by atoms with Crippen LogP contribution in [0.2, 0.25) is 0 Å². The normalized spacial score (nSPS) is 12.7. The van der Waals surface area contributed by atoms with Crippen molar-refractivity contribution >= 4 is 17.9 Å². The summed E-state index contributed by atoms with van der Waals surface area (Å²) in [5.41, 5.74) is 0. The molecule has 0 rings (SSSR count). The molecule has 6 heteroatoms. The molecule has 0 aliphatic carbocycles. The van der Waals surface area contributed by atoms with Crippen LogP contribution in [0.5, 0.6) is 0 Å². The average molecular weight is 1030 g/mol. The molecule has 0 fully saturated rings. The number of rotatable bonds is 56. The summed E-state index contributed by atoms with van der Waals surface area (Å²) in [4.78, 5) is 38.3. The summed E-state index contributed by atoms with van der Waals surface area (Å²) in [5, 5.41) is 0. The van der Waals surface area contributed by atoms with Crippen molar-refractivity contribution in [2.24, 2.45) is 0 Å². The van der Waals surface area contributed by atoms with Crippen LogP contribution in [0.1, 0.15) is 297 Å². The maximum atomic E-state index is 12.9. The van der Waals surface area contributed by atoms with E-state index >= 15 is 0 Å². The molecule has 0 bridgehead atoms. The Labute approximate surface area is 457 Å². The van der Waals surface area contributed by atoms with Crippen molar-refractivity contribution in [1.82, 2.24) is 0 Å². The fraction of sp³-hybridized carbons (Fsp3) is 0.721. The summed E-state index contributed by atoms with van der Waals surface area (Å²) in [6, 6.07) is 0. The van der Waals surface area contributed by atoms with Gasteiger partial charge in [0, 0.05) is 19.3 Å². The quantitative estimate of drug-likeness (QED) is 0.0261. The van der Waals surface area contributed by atoms with Crippen molar-refractivity contribution in [2.45, 2.75) is 303 Å². The van der Waals surface area contributed by atoms with Gasteiger partial charge in [0.25, 0.3) is 0 Å². The summed E-state index contributed by atoms with van der Waals surface area (Å²) in [6.45, 7) is 6.49. The molecule has 424 valence electrons. The minimum atomic E-state index is -0.799. The second kappa shape index (κ2) is 61.9. The number of unbranched alkanes of at least 4 members (excludes halogenated alkanes) is 29. The first-order valence-corrected chi connectivity index (χ1v) is 31.2. The van der Waals surface area contributed by atoms with Crippen LogP contribution >= 0.6 is 0 Å². The molecule has 6 nitrogen and oxygen atoms in total. The molecule has 0 aromatic rings. The van der Waals surface area contributed by atoms with Gasteiger partial charge in [0.1, 0.15) is 13.2 Å². The maximum Gasteiger partial charge on any atom is 0.306 e. The fourth-order valence-electron chi connectivity index (χ4n) is 8.65. The van der Waals surface area contributed by atoms with Crippen LogP contribution in [0, 0.1) is 0 Å². The monoisotopic (exact) mass is 1030 g/mol. The second-order valence-electron chi connectivity index (χ2n) is 20.6. The Hall–Kier alpha value is -3.67. The minimum Gasteiger partial charge on any atom is -0.462 e. The third kappa shape index (κ3) is 59.2. The summed E-state index contributed by atoms with van der Waals surface area (Å²) in [5.74, 6) is -0.928. The Morgan fingerprint density at radius 2 is 0.527 bits per heavy atom. The lowest BCUT2D eigenvalue weighted by atomic mass is 10.0. The molecule has 0 spiro atoms. The summed E-state index contributed by atoms with van der Waals surface area (Å²) < 4.78 is 16.9. The average Bonchev–Trinajstić information content (AvgIpc) is 3.40. The van der Waals surface area contributed by atoms with Crippen LogP contribution in [0.4, 0.5) is 0 Å². The SMILES string of the molecule is CC/C=C\C/C=C\C/C=C\C/C=C\C/C=C\CCCCCC(=O)OC[C@@H](COC(=O)CCCCCCCCCCCCCCCCCCCC)OC(=O)CCCCCCCC/C=C\C/C=C\C/C=C\CCCCC. The molecule has 0 saturated heterocycles. The van der Waals surface area contributed by atoms with Gasteiger partial charge in [0.15, 0.2) is 6.10 Å². The van der Waals surface area contributed by atoms with Gasteiger partial charge in [0.2, 0.25) is 0 Å². The molecule has 0 aromatic heterocycles. The fourth-order valence-corrected chi connectivity index (χ4v) is 8.65. The highest BCUT2D eigenvalue weighted by Gasteiger charge is 2.19. The van der Waals surface area contributed by atoms with E-state index in [0.717, 1.165) is 122 Å². The van der Waals surface area contributed by atoms with Gasteiger partial charge in [0.05, 0.1) is 0 Å². The minimum absolute atomic E-state index is 0.0918. The van der Waals surface area contributed by atoms with Crippen LogP contribution in [0.25, 0.3) is 0 Å². The number of carbonyl (C=O) groups is 3. The Balaban J connectivity index is 4.46. The van der Waals surface area contributed by atoms with E-state index in [4.69, 9.17) is 14.2 Å². The van der Waals surface area contributed by atoms with E-state index in [9.17, 15) is 14.4 Å². The number of ether oxygens (including phenoxy) is 3. The number of esters is 3. The highest BCUT2D eigenvalue weighted by Crippen LogP contribution is 2.16. The molecule has 0 unspecified atom stereocenters. The van der Waals surface area contributed by atoms with Gasteiger partial charge in [-0.1, -0.05) is 272 Å². The Morgan fingerprint density at radius 3 is 0.865 bits per heavy atom. The lowest BCUT2D eigenvalue weighted by Crippen LogP contribution is -2.30. The molecule has 0 aliphatic rings. The Bertz CT molecular complexity index is 1460. The topological polar surface area (TPSA) is 78.9 Å². The zero-order valence-electron chi connectivity index (χ0n) is 48.6. The van der Waals surface area contributed by atoms with Crippen LogP contribution in [0.3, 0.4) is 0 Å². The summed E-state index contributed by atoms with van der Waals surface area (Å²) in [6.07, 6.45) is 82.6. The predicted octanol–water partition coefficient (Wildman–Crippen LogP) is 21.3. The molecule has 0 aromatic carbocycles. The molecule has 0 aliphatic heterocycles. The molecular formula is C68H116O6. The molecule has 0 heterocycles. The number of carbonyl (C=O) groups excluding carboxylic acids is 3. The zero-order chi connectivity index (χ0) is 53.6. The first kappa shape index (κ1) is 70.3. The van der Waals surface area contributed by atoms with E-state index < -0.39 is 6.10 Å². The van der Waals surface area contributed by atoms with Crippen molar-refractivity contribution < 1.29 is 28.6 Å². The molecule has 0 amide bonds. The van der Waals surface area contributed by atoms with Gasteiger partial charge >= 0.3 is 17.9 Å². The second-order valence-corrected chi connectivity index (χ2v) is 20.6. The smallest absolute Gasteiger partial charge is 0.306 e. The van der Waals surface area contributed by atoms with E-state index in [-0.39, 0.29) is 31.1 Å². The highest BCUT2D eigenvalue weighted by molar-refractivity contribution is 5.71. The first-order chi connectivity index (χ1) is 36.5. The molecule has 1 atom stereocenters.